The smallest absolute Gasteiger partial charge is 0.260 e. The van der Waals surface area contributed by atoms with Gasteiger partial charge in [-0.2, -0.15) is 5.10 Å². The van der Waals surface area contributed by atoms with E-state index in [2.05, 4.69) is 10.4 Å². The minimum atomic E-state index is -0.536. The fourth-order valence-corrected chi connectivity index (χ4v) is 1.84. The summed E-state index contributed by atoms with van der Waals surface area (Å²) >= 11 is 0. The molecule has 2 rings (SSSR count). The summed E-state index contributed by atoms with van der Waals surface area (Å²) in [5.41, 5.74) is 0. The number of aromatic nitrogens is 2. The van der Waals surface area contributed by atoms with Crippen molar-refractivity contribution in [2.24, 2.45) is 0 Å². The first kappa shape index (κ1) is 16.0. The van der Waals surface area contributed by atoms with Crippen molar-refractivity contribution in [3.63, 3.8) is 0 Å². The standard InChI is InChI=1S/C16H21N3O3/c1-14(22-15-6-3-2-4-7-15)16(20)17-9-12-21-13-11-19-10-5-8-18-19/h2-8,10,14H,9,11-13H2,1H3,(H,17,20)/t14-/m0/s1. The summed E-state index contributed by atoms with van der Waals surface area (Å²) in [5, 5.41) is 6.86. The van der Waals surface area contributed by atoms with Crippen molar-refractivity contribution in [3.8, 4) is 5.75 Å². The Labute approximate surface area is 130 Å². The first-order valence-electron chi connectivity index (χ1n) is 7.30. The Hall–Kier alpha value is -2.34. The van der Waals surface area contributed by atoms with Crippen molar-refractivity contribution in [3.05, 3.63) is 48.8 Å². The molecule has 2 aromatic rings. The molecule has 0 radical (unpaired) electrons. The van der Waals surface area contributed by atoms with E-state index in [1.54, 1.807) is 17.8 Å². The van der Waals surface area contributed by atoms with Crippen molar-refractivity contribution in [1.82, 2.24) is 15.1 Å². The molecule has 1 atom stereocenters. The normalized spacial score (nSPS) is 11.9. The molecule has 0 aliphatic rings. The second kappa shape index (κ2) is 8.84. The molecule has 0 unspecified atom stereocenters. The van der Waals surface area contributed by atoms with Gasteiger partial charge in [-0.3, -0.25) is 9.48 Å². The summed E-state index contributed by atoms with van der Waals surface area (Å²) in [4.78, 5) is 11.9. The molecule has 0 saturated heterocycles. The van der Waals surface area contributed by atoms with Crippen molar-refractivity contribution in [2.45, 2.75) is 19.6 Å². The Bertz CT molecular complexity index is 543. The second-order valence-electron chi connectivity index (χ2n) is 4.75. The number of rotatable bonds is 9. The van der Waals surface area contributed by atoms with Gasteiger partial charge in [0, 0.05) is 18.9 Å². The third-order valence-corrected chi connectivity index (χ3v) is 2.99. The SMILES string of the molecule is C[C@H](Oc1ccccc1)C(=O)NCCOCCn1cccn1. The number of carbonyl (C=O) groups excluding carboxylic acids is 1. The van der Waals surface area contributed by atoms with E-state index in [1.165, 1.54) is 0 Å². The lowest BCUT2D eigenvalue weighted by Gasteiger charge is -2.14. The maximum absolute atomic E-state index is 11.9. The summed E-state index contributed by atoms with van der Waals surface area (Å²) in [6.07, 6.45) is 3.08. The number of amides is 1. The van der Waals surface area contributed by atoms with Crippen LogP contribution >= 0.6 is 0 Å². The summed E-state index contributed by atoms with van der Waals surface area (Å²) in [5.74, 6) is 0.528. The molecular formula is C16H21N3O3. The summed E-state index contributed by atoms with van der Waals surface area (Å²) in [6.45, 7) is 3.91. The molecule has 0 fully saturated rings. The lowest BCUT2D eigenvalue weighted by atomic mass is 10.3. The van der Waals surface area contributed by atoms with Gasteiger partial charge in [0.1, 0.15) is 5.75 Å². The summed E-state index contributed by atoms with van der Waals surface area (Å²) in [7, 11) is 0. The van der Waals surface area contributed by atoms with Gasteiger partial charge in [0.25, 0.3) is 5.91 Å². The van der Waals surface area contributed by atoms with Gasteiger partial charge in [0.2, 0.25) is 0 Å². The molecule has 1 amide bonds. The molecule has 0 aliphatic carbocycles. The Morgan fingerprint density at radius 1 is 1.27 bits per heavy atom. The van der Waals surface area contributed by atoms with Gasteiger partial charge >= 0.3 is 0 Å². The Morgan fingerprint density at radius 2 is 2.09 bits per heavy atom. The zero-order valence-corrected chi connectivity index (χ0v) is 12.6. The molecule has 0 bridgehead atoms. The maximum Gasteiger partial charge on any atom is 0.260 e. The third-order valence-electron chi connectivity index (χ3n) is 2.99. The predicted octanol–water partition coefficient (Wildman–Crippen LogP) is 1.48. The zero-order valence-electron chi connectivity index (χ0n) is 12.6. The zero-order chi connectivity index (χ0) is 15.6. The van der Waals surface area contributed by atoms with E-state index in [1.807, 2.05) is 42.6 Å². The van der Waals surface area contributed by atoms with Gasteiger partial charge in [-0.1, -0.05) is 18.2 Å². The lowest BCUT2D eigenvalue weighted by molar-refractivity contribution is -0.127. The van der Waals surface area contributed by atoms with Crippen molar-refractivity contribution in [1.29, 1.82) is 0 Å². The third kappa shape index (κ3) is 5.57. The van der Waals surface area contributed by atoms with Crippen LogP contribution in [0.2, 0.25) is 0 Å². The van der Waals surface area contributed by atoms with Crippen LogP contribution in [0.4, 0.5) is 0 Å². The highest BCUT2D eigenvalue weighted by molar-refractivity contribution is 5.80. The highest BCUT2D eigenvalue weighted by Crippen LogP contribution is 2.10. The van der Waals surface area contributed by atoms with Gasteiger partial charge in [-0.25, -0.2) is 0 Å². The monoisotopic (exact) mass is 303 g/mol. The highest BCUT2D eigenvalue weighted by atomic mass is 16.5. The van der Waals surface area contributed by atoms with E-state index in [0.29, 0.717) is 32.1 Å². The molecule has 6 nitrogen and oxygen atoms in total. The number of nitrogens with one attached hydrogen (secondary N) is 1. The largest absolute Gasteiger partial charge is 0.481 e. The van der Waals surface area contributed by atoms with E-state index in [9.17, 15) is 4.79 Å². The molecule has 1 N–H and O–H groups in total. The van der Waals surface area contributed by atoms with Gasteiger partial charge in [-0.15, -0.1) is 0 Å². The number of benzene rings is 1. The van der Waals surface area contributed by atoms with E-state index < -0.39 is 6.10 Å². The van der Waals surface area contributed by atoms with Crippen LogP contribution in [0.25, 0.3) is 0 Å². The molecule has 22 heavy (non-hydrogen) atoms. The lowest BCUT2D eigenvalue weighted by Crippen LogP contribution is -2.38. The topological polar surface area (TPSA) is 65.4 Å². The van der Waals surface area contributed by atoms with Crippen molar-refractivity contribution >= 4 is 5.91 Å². The molecule has 1 aromatic heterocycles. The van der Waals surface area contributed by atoms with Crippen molar-refractivity contribution in [2.75, 3.05) is 19.8 Å². The van der Waals surface area contributed by atoms with Gasteiger partial charge < -0.3 is 14.8 Å². The minimum Gasteiger partial charge on any atom is -0.481 e. The van der Waals surface area contributed by atoms with Gasteiger partial charge in [0.15, 0.2) is 6.10 Å². The average Bonchev–Trinajstić information content (AvgIpc) is 3.04. The van der Waals surface area contributed by atoms with E-state index >= 15 is 0 Å². The van der Waals surface area contributed by atoms with Gasteiger partial charge in [-0.05, 0) is 25.1 Å². The van der Waals surface area contributed by atoms with Crippen LogP contribution < -0.4 is 10.1 Å². The van der Waals surface area contributed by atoms with Crippen molar-refractivity contribution < 1.29 is 14.3 Å². The quantitative estimate of drug-likeness (QED) is 0.713. The summed E-state index contributed by atoms with van der Waals surface area (Å²) in [6, 6.07) is 11.2. The molecule has 118 valence electrons. The number of ether oxygens (including phenoxy) is 2. The number of nitrogens with zero attached hydrogens (tertiary/aromatic N) is 2. The molecular weight excluding hydrogens is 282 g/mol. The fraction of sp³-hybridized carbons (Fsp3) is 0.375. The van der Waals surface area contributed by atoms with Gasteiger partial charge in [0.05, 0.1) is 19.8 Å². The summed E-state index contributed by atoms with van der Waals surface area (Å²) < 4.78 is 12.8. The van der Waals surface area contributed by atoms with Crippen LogP contribution in [0.15, 0.2) is 48.8 Å². The molecule has 1 aromatic carbocycles. The molecule has 1 heterocycles. The second-order valence-corrected chi connectivity index (χ2v) is 4.75. The molecule has 0 aliphatic heterocycles. The molecule has 6 heteroatoms. The number of hydrogen-bond donors (Lipinski definition) is 1. The number of para-hydroxylation sites is 1. The number of hydrogen-bond acceptors (Lipinski definition) is 4. The predicted molar refractivity (Wildman–Crippen MR) is 82.6 cm³/mol. The fourth-order valence-electron chi connectivity index (χ4n) is 1.84. The van der Waals surface area contributed by atoms with Crippen LogP contribution in [-0.2, 0) is 16.1 Å². The first-order chi connectivity index (χ1) is 10.8. The van der Waals surface area contributed by atoms with E-state index in [0.717, 1.165) is 0 Å². The van der Waals surface area contributed by atoms with Crippen LogP contribution in [-0.4, -0.2) is 41.6 Å². The Balaban J connectivity index is 1.55. The minimum absolute atomic E-state index is 0.153. The molecule has 0 spiro atoms. The Morgan fingerprint density at radius 3 is 2.82 bits per heavy atom. The van der Waals surface area contributed by atoms with Crippen LogP contribution in [0, 0.1) is 0 Å². The van der Waals surface area contributed by atoms with E-state index in [-0.39, 0.29) is 5.91 Å². The molecule has 0 saturated carbocycles. The highest BCUT2D eigenvalue weighted by Gasteiger charge is 2.13. The van der Waals surface area contributed by atoms with E-state index in [4.69, 9.17) is 9.47 Å². The number of carbonyl (C=O) groups is 1. The van der Waals surface area contributed by atoms with Crippen LogP contribution in [0.1, 0.15) is 6.92 Å². The van der Waals surface area contributed by atoms with Crippen LogP contribution in [0.5, 0.6) is 5.75 Å². The van der Waals surface area contributed by atoms with Crippen LogP contribution in [0.3, 0.4) is 0 Å². The first-order valence-corrected chi connectivity index (χ1v) is 7.30. The maximum atomic E-state index is 11.9. The average molecular weight is 303 g/mol. The Kier molecular flexibility index (Phi) is 6.44.